The summed E-state index contributed by atoms with van der Waals surface area (Å²) in [4.78, 5) is 35.8. The van der Waals surface area contributed by atoms with Crippen LogP contribution in [0.2, 0.25) is 0 Å². The van der Waals surface area contributed by atoms with Gasteiger partial charge >= 0.3 is 0 Å². The number of hydrogen-bond donors (Lipinski definition) is 1. The number of benzene rings is 1. The summed E-state index contributed by atoms with van der Waals surface area (Å²) >= 11 is 0. The van der Waals surface area contributed by atoms with E-state index >= 15 is 0 Å². The minimum atomic E-state index is -1.49. The number of aromatic nitrogens is 2. The molecular formula is C20H17N5O2. The van der Waals surface area contributed by atoms with Gasteiger partial charge in [0, 0.05) is 31.2 Å². The van der Waals surface area contributed by atoms with Crippen LogP contribution in [0.1, 0.15) is 10.4 Å². The number of carbonyl (C=O) groups excluding carboxylic acids is 2. The van der Waals surface area contributed by atoms with E-state index in [4.69, 9.17) is 0 Å². The van der Waals surface area contributed by atoms with Gasteiger partial charge in [-0.05, 0) is 24.3 Å². The number of rotatable bonds is 5. The molecule has 3 aromatic rings. The maximum atomic E-state index is 13.0. The summed E-state index contributed by atoms with van der Waals surface area (Å²) in [6.07, 6.45) is 1.51. The van der Waals surface area contributed by atoms with E-state index in [1.54, 1.807) is 61.5 Å². The highest BCUT2D eigenvalue weighted by atomic mass is 16.2. The Morgan fingerprint density at radius 3 is 2.56 bits per heavy atom. The fourth-order valence-electron chi connectivity index (χ4n) is 2.62. The molecule has 3 rings (SSSR count). The van der Waals surface area contributed by atoms with Gasteiger partial charge in [-0.25, -0.2) is 9.97 Å². The molecule has 27 heavy (non-hydrogen) atoms. The number of para-hydroxylation sites is 1. The number of nitrogens with zero attached hydrogens (tertiary/aromatic N) is 4. The molecular weight excluding hydrogens is 342 g/mol. The molecule has 0 saturated carbocycles. The van der Waals surface area contributed by atoms with Crippen LogP contribution in [0.5, 0.6) is 0 Å². The Labute approximate surface area is 156 Å². The number of anilines is 2. The van der Waals surface area contributed by atoms with E-state index in [9.17, 15) is 14.9 Å². The molecule has 0 spiro atoms. The average molecular weight is 359 g/mol. The Morgan fingerprint density at radius 1 is 1.15 bits per heavy atom. The lowest BCUT2D eigenvalue weighted by Gasteiger charge is -2.16. The van der Waals surface area contributed by atoms with E-state index < -0.39 is 17.6 Å². The van der Waals surface area contributed by atoms with Crippen LogP contribution < -0.4 is 10.2 Å². The first-order valence-electron chi connectivity index (χ1n) is 8.24. The molecule has 7 nitrogen and oxygen atoms in total. The third kappa shape index (κ3) is 3.75. The maximum absolute atomic E-state index is 13.0. The van der Waals surface area contributed by atoms with Crippen LogP contribution in [0.4, 0.5) is 11.6 Å². The van der Waals surface area contributed by atoms with Crippen molar-refractivity contribution in [1.82, 2.24) is 9.97 Å². The van der Waals surface area contributed by atoms with Crippen molar-refractivity contribution in [2.24, 2.45) is 5.92 Å². The summed E-state index contributed by atoms with van der Waals surface area (Å²) in [6.45, 7) is 0. The van der Waals surface area contributed by atoms with Crippen molar-refractivity contribution in [3.63, 3.8) is 0 Å². The van der Waals surface area contributed by atoms with Crippen LogP contribution in [0.3, 0.4) is 0 Å². The largest absolute Gasteiger partial charge is 0.363 e. The summed E-state index contributed by atoms with van der Waals surface area (Å²) in [5.41, 5.74) is 0.904. The van der Waals surface area contributed by atoms with Crippen LogP contribution in [-0.2, 0) is 4.79 Å². The van der Waals surface area contributed by atoms with Crippen molar-refractivity contribution < 1.29 is 9.59 Å². The number of nitriles is 1. The third-order valence-electron chi connectivity index (χ3n) is 4.00. The number of nitrogens with one attached hydrogen (secondary N) is 1. The van der Waals surface area contributed by atoms with Gasteiger partial charge in [-0.2, -0.15) is 5.26 Å². The second-order valence-corrected chi connectivity index (χ2v) is 6.07. The van der Waals surface area contributed by atoms with Gasteiger partial charge in [0.2, 0.25) is 0 Å². The normalized spacial score (nSPS) is 11.4. The summed E-state index contributed by atoms with van der Waals surface area (Å²) in [6, 6.07) is 15.5. The Bertz CT molecular complexity index is 1040. The van der Waals surface area contributed by atoms with E-state index in [0.717, 1.165) is 0 Å². The van der Waals surface area contributed by atoms with E-state index in [1.165, 1.54) is 6.20 Å². The molecule has 1 amide bonds. The number of Topliss-reactive ketones (excluding diaryl/α,β-unsaturated/α-hetero) is 1. The van der Waals surface area contributed by atoms with Crippen LogP contribution in [0.15, 0.2) is 54.7 Å². The second kappa shape index (κ2) is 7.62. The first kappa shape index (κ1) is 18.0. The second-order valence-electron chi connectivity index (χ2n) is 6.07. The minimum absolute atomic E-state index is 0.282. The molecule has 0 saturated heterocycles. The lowest BCUT2D eigenvalue weighted by Crippen LogP contribution is -2.29. The fourth-order valence-corrected chi connectivity index (χ4v) is 2.62. The van der Waals surface area contributed by atoms with Crippen molar-refractivity contribution >= 4 is 34.2 Å². The zero-order chi connectivity index (χ0) is 19.4. The van der Waals surface area contributed by atoms with Crippen LogP contribution in [0.25, 0.3) is 10.9 Å². The molecule has 0 fully saturated rings. The smallest absolute Gasteiger partial charge is 0.250 e. The van der Waals surface area contributed by atoms with Gasteiger partial charge in [0.1, 0.15) is 11.6 Å². The predicted octanol–water partition coefficient (Wildman–Crippen LogP) is 2.66. The molecule has 0 aliphatic heterocycles. The third-order valence-corrected chi connectivity index (χ3v) is 4.00. The molecule has 1 N–H and O–H groups in total. The molecule has 2 aromatic heterocycles. The molecule has 2 heterocycles. The van der Waals surface area contributed by atoms with Gasteiger partial charge in [0.25, 0.3) is 5.91 Å². The average Bonchev–Trinajstić information content (AvgIpc) is 2.68. The summed E-state index contributed by atoms with van der Waals surface area (Å²) in [5.74, 6) is -1.93. The fraction of sp³-hybridized carbons (Fsp3) is 0.150. The van der Waals surface area contributed by atoms with Gasteiger partial charge in [-0.1, -0.05) is 24.3 Å². The summed E-state index contributed by atoms with van der Waals surface area (Å²) < 4.78 is 0. The van der Waals surface area contributed by atoms with Crippen molar-refractivity contribution in [3.8, 4) is 6.07 Å². The standard InChI is InChI=1S/C20H17N5O2/c1-25(2)18-11-14(13-7-3-4-8-16(13)23-18)19(26)15(12-21)20(27)24-17-9-5-6-10-22-17/h3-11,15H,1-2H3,(H,22,24,27). The molecule has 0 bridgehead atoms. The molecule has 0 aliphatic carbocycles. The first-order chi connectivity index (χ1) is 13.0. The van der Waals surface area contributed by atoms with E-state index in [2.05, 4.69) is 15.3 Å². The Balaban J connectivity index is 2.00. The Morgan fingerprint density at radius 2 is 1.89 bits per heavy atom. The van der Waals surface area contributed by atoms with Crippen LogP contribution in [0, 0.1) is 17.2 Å². The van der Waals surface area contributed by atoms with Crippen molar-refractivity contribution in [2.75, 3.05) is 24.3 Å². The highest BCUT2D eigenvalue weighted by molar-refractivity contribution is 6.19. The zero-order valence-corrected chi connectivity index (χ0v) is 14.9. The molecule has 1 aromatic carbocycles. The first-order valence-corrected chi connectivity index (χ1v) is 8.24. The van der Waals surface area contributed by atoms with Crippen molar-refractivity contribution in [2.45, 2.75) is 0 Å². The quantitative estimate of drug-likeness (QED) is 0.555. The topological polar surface area (TPSA) is 99.0 Å². The monoisotopic (exact) mass is 359 g/mol. The number of amides is 1. The predicted molar refractivity (Wildman–Crippen MR) is 102 cm³/mol. The number of hydrogen-bond acceptors (Lipinski definition) is 6. The molecule has 0 aliphatic rings. The molecule has 1 unspecified atom stereocenters. The van der Waals surface area contributed by atoms with Gasteiger partial charge in [-0.3, -0.25) is 9.59 Å². The van der Waals surface area contributed by atoms with Gasteiger partial charge in [-0.15, -0.1) is 0 Å². The number of carbonyl (C=O) groups is 2. The number of fused-ring (bicyclic) bond motifs is 1. The van der Waals surface area contributed by atoms with Crippen LogP contribution in [-0.4, -0.2) is 35.8 Å². The van der Waals surface area contributed by atoms with E-state index in [1.807, 2.05) is 12.1 Å². The number of pyridine rings is 2. The molecule has 1 atom stereocenters. The maximum Gasteiger partial charge on any atom is 0.250 e. The Hall–Kier alpha value is -3.79. The van der Waals surface area contributed by atoms with Crippen molar-refractivity contribution in [1.29, 1.82) is 5.26 Å². The lowest BCUT2D eigenvalue weighted by molar-refractivity contribution is -0.117. The highest BCUT2D eigenvalue weighted by Crippen LogP contribution is 2.25. The molecule has 0 radical (unpaired) electrons. The van der Waals surface area contributed by atoms with Crippen LogP contribution >= 0.6 is 0 Å². The van der Waals surface area contributed by atoms with E-state index in [-0.39, 0.29) is 11.4 Å². The highest BCUT2D eigenvalue weighted by Gasteiger charge is 2.29. The SMILES string of the molecule is CN(C)c1cc(C(=O)C(C#N)C(=O)Nc2ccccn2)c2ccccc2n1. The van der Waals surface area contributed by atoms with Gasteiger partial charge in [0.05, 0.1) is 11.6 Å². The Kier molecular flexibility index (Phi) is 5.08. The minimum Gasteiger partial charge on any atom is -0.363 e. The van der Waals surface area contributed by atoms with Crippen molar-refractivity contribution in [3.05, 3.63) is 60.3 Å². The molecule has 7 heteroatoms. The molecule has 134 valence electrons. The van der Waals surface area contributed by atoms with E-state index in [0.29, 0.717) is 16.7 Å². The lowest BCUT2D eigenvalue weighted by atomic mass is 9.95. The van der Waals surface area contributed by atoms with Gasteiger partial charge in [0.15, 0.2) is 11.7 Å². The summed E-state index contributed by atoms with van der Waals surface area (Å²) in [5, 5.41) is 12.6. The zero-order valence-electron chi connectivity index (χ0n) is 14.9. The summed E-state index contributed by atoms with van der Waals surface area (Å²) in [7, 11) is 3.61. The number of ketones is 1. The van der Waals surface area contributed by atoms with Gasteiger partial charge < -0.3 is 10.2 Å².